The van der Waals surface area contributed by atoms with E-state index in [1.54, 1.807) is 16.2 Å². The van der Waals surface area contributed by atoms with Crippen molar-refractivity contribution in [1.82, 2.24) is 9.88 Å². The largest absolute Gasteiger partial charge is 0.394 e. The highest BCUT2D eigenvalue weighted by molar-refractivity contribution is 7.11. The van der Waals surface area contributed by atoms with Gasteiger partial charge in [-0.25, -0.2) is 4.98 Å². The Balaban J connectivity index is 2.21. The summed E-state index contributed by atoms with van der Waals surface area (Å²) in [4.78, 5) is 19.4. The van der Waals surface area contributed by atoms with E-state index >= 15 is 0 Å². The molecule has 0 saturated carbocycles. The van der Waals surface area contributed by atoms with E-state index in [-0.39, 0.29) is 18.6 Å². The molecule has 1 aromatic heterocycles. The minimum atomic E-state index is -0.0299. The van der Waals surface area contributed by atoms with Crippen LogP contribution in [-0.4, -0.2) is 40.1 Å². The Morgan fingerprint density at radius 3 is 2.88 bits per heavy atom. The van der Waals surface area contributed by atoms with Gasteiger partial charge in [0.25, 0.3) is 5.91 Å². The number of aromatic nitrogens is 1. The van der Waals surface area contributed by atoms with Gasteiger partial charge in [-0.05, 0) is 33.1 Å². The van der Waals surface area contributed by atoms with Gasteiger partial charge >= 0.3 is 0 Å². The van der Waals surface area contributed by atoms with Gasteiger partial charge in [-0.1, -0.05) is 0 Å². The lowest BCUT2D eigenvalue weighted by atomic mass is 10.0. The smallest absolute Gasteiger partial charge is 0.273 e. The van der Waals surface area contributed by atoms with Crippen LogP contribution in [0.4, 0.5) is 0 Å². The van der Waals surface area contributed by atoms with Gasteiger partial charge in [0, 0.05) is 11.4 Å². The van der Waals surface area contributed by atoms with Crippen LogP contribution in [0.5, 0.6) is 0 Å². The van der Waals surface area contributed by atoms with Gasteiger partial charge in [0.15, 0.2) is 0 Å². The van der Waals surface area contributed by atoms with Crippen LogP contribution in [0.25, 0.3) is 0 Å². The molecule has 1 amide bonds. The molecule has 2 rings (SSSR count). The molecule has 0 aliphatic carbocycles. The molecule has 0 aromatic carbocycles. The van der Waals surface area contributed by atoms with Crippen LogP contribution in [0, 0.1) is 13.8 Å². The van der Waals surface area contributed by atoms with Crippen molar-refractivity contribution in [2.75, 3.05) is 13.2 Å². The van der Waals surface area contributed by atoms with E-state index in [2.05, 4.69) is 4.98 Å². The van der Waals surface area contributed by atoms with E-state index in [1.807, 2.05) is 13.8 Å². The number of hydrogen-bond donors (Lipinski definition) is 1. The molecule has 1 atom stereocenters. The molecule has 17 heavy (non-hydrogen) atoms. The first kappa shape index (κ1) is 12.5. The fraction of sp³-hybridized carbons (Fsp3) is 0.667. The monoisotopic (exact) mass is 254 g/mol. The maximum atomic E-state index is 12.4. The summed E-state index contributed by atoms with van der Waals surface area (Å²) in [6.07, 6.45) is 3.00. The minimum Gasteiger partial charge on any atom is -0.394 e. The molecule has 0 radical (unpaired) electrons. The number of amides is 1. The quantitative estimate of drug-likeness (QED) is 0.874. The number of carbonyl (C=O) groups is 1. The number of carbonyl (C=O) groups excluding carboxylic acids is 1. The normalized spacial score (nSPS) is 20.6. The molecule has 1 N–H and O–H groups in total. The Morgan fingerprint density at radius 2 is 2.29 bits per heavy atom. The summed E-state index contributed by atoms with van der Waals surface area (Å²) in [6.45, 7) is 4.62. The predicted molar refractivity (Wildman–Crippen MR) is 67.3 cm³/mol. The lowest BCUT2D eigenvalue weighted by molar-refractivity contribution is 0.0497. The molecule has 1 saturated heterocycles. The Bertz CT molecular complexity index is 417. The first-order valence-electron chi connectivity index (χ1n) is 5.99. The standard InChI is InChI=1S/C12H18N2O2S/c1-8-11(13-9(2)17-8)12(16)14-6-4-3-5-10(14)7-15/h10,15H,3-7H2,1-2H3/t10-/m0/s1. The van der Waals surface area contributed by atoms with Crippen molar-refractivity contribution in [3.8, 4) is 0 Å². The van der Waals surface area contributed by atoms with E-state index in [0.29, 0.717) is 5.69 Å². The Morgan fingerprint density at radius 1 is 1.53 bits per heavy atom. The molecule has 0 unspecified atom stereocenters. The predicted octanol–water partition coefficient (Wildman–Crippen LogP) is 1.75. The van der Waals surface area contributed by atoms with Gasteiger partial charge < -0.3 is 10.0 Å². The molecular weight excluding hydrogens is 236 g/mol. The fourth-order valence-electron chi connectivity index (χ4n) is 2.32. The van der Waals surface area contributed by atoms with Crippen LogP contribution in [0.3, 0.4) is 0 Å². The average molecular weight is 254 g/mol. The molecule has 0 spiro atoms. The van der Waals surface area contributed by atoms with E-state index in [1.165, 1.54) is 0 Å². The van der Waals surface area contributed by atoms with Crippen LogP contribution >= 0.6 is 11.3 Å². The summed E-state index contributed by atoms with van der Waals surface area (Å²) < 4.78 is 0. The molecule has 1 aliphatic heterocycles. The Labute approximate surface area is 105 Å². The molecule has 2 heterocycles. The number of hydrogen-bond acceptors (Lipinski definition) is 4. The van der Waals surface area contributed by atoms with Gasteiger partial charge in [-0.2, -0.15) is 0 Å². The maximum Gasteiger partial charge on any atom is 0.273 e. The van der Waals surface area contributed by atoms with Crippen LogP contribution in [0.1, 0.15) is 39.6 Å². The zero-order valence-electron chi connectivity index (χ0n) is 10.3. The highest BCUT2D eigenvalue weighted by atomic mass is 32.1. The highest BCUT2D eigenvalue weighted by Gasteiger charge is 2.29. The number of piperidine rings is 1. The lowest BCUT2D eigenvalue weighted by Gasteiger charge is -2.34. The van der Waals surface area contributed by atoms with Crippen LogP contribution in [0.15, 0.2) is 0 Å². The molecule has 1 aromatic rings. The van der Waals surface area contributed by atoms with Crippen molar-refractivity contribution in [2.24, 2.45) is 0 Å². The number of thiazole rings is 1. The summed E-state index contributed by atoms with van der Waals surface area (Å²) in [5, 5.41) is 10.2. The topological polar surface area (TPSA) is 53.4 Å². The van der Waals surface area contributed by atoms with Gasteiger partial charge in [0.1, 0.15) is 5.69 Å². The van der Waals surface area contributed by atoms with E-state index < -0.39 is 0 Å². The molecule has 1 aliphatic rings. The minimum absolute atomic E-state index is 0.0226. The summed E-state index contributed by atoms with van der Waals surface area (Å²) >= 11 is 1.55. The number of aliphatic hydroxyl groups is 1. The van der Waals surface area contributed by atoms with Crippen molar-refractivity contribution in [2.45, 2.75) is 39.2 Å². The zero-order valence-corrected chi connectivity index (χ0v) is 11.1. The third-order valence-corrected chi connectivity index (χ3v) is 4.09. The van der Waals surface area contributed by atoms with Crippen LogP contribution in [0.2, 0.25) is 0 Å². The average Bonchev–Trinajstić information content (AvgIpc) is 2.67. The van der Waals surface area contributed by atoms with Crippen molar-refractivity contribution < 1.29 is 9.90 Å². The summed E-state index contributed by atoms with van der Waals surface area (Å²) in [5.74, 6) is -0.0226. The zero-order chi connectivity index (χ0) is 12.4. The van der Waals surface area contributed by atoms with Gasteiger partial charge in [-0.15, -0.1) is 11.3 Å². The Hall–Kier alpha value is -0.940. The second-order valence-corrected chi connectivity index (χ2v) is 5.88. The van der Waals surface area contributed by atoms with Crippen LogP contribution < -0.4 is 0 Å². The van der Waals surface area contributed by atoms with Gasteiger partial charge in [0.05, 0.1) is 17.7 Å². The molecule has 5 heteroatoms. The first-order valence-corrected chi connectivity index (χ1v) is 6.81. The van der Waals surface area contributed by atoms with E-state index in [9.17, 15) is 9.90 Å². The number of rotatable bonds is 2. The number of aryl methyl sites for hydroxylation is 2. The fourth-order valence-corrected chi connectivity index (χ4v) is 3.13. The highest BCUT2D eigenvalue weighted by Crippen LogP contribution is 2.23. The third kappa shape index (κ3) is 2.50. The second-order valence-electron chi connectivity index (χ2n) is 4.47. The Kier molecular flexibility index (Phi) is 3.79. The summed E-state index contributed by atoms with van der Waals surface area (Å²) in [5.41, 5.74) is 0.563. The maximum absolute atomic E-state index is 12.4. The number of aliphatic hydroxyl groups excluding tert-OH is 1. The molecule has 1 fully saturated rings. The molecular formula is C12H18N2O2S. The third-order valence-electron chi connectivity index (χ3n) is 3.20. The van der Waals surface area contributed by atoms with Crippen molar-refractivity contribution in [3.63, 3.8) is 0 Å². The number of nitrogens with zero attached hydrogens (tertiary/aromatic N) is 2. The van der Waals surface area contributed by atoms with Crippen molar-refractivity contribution >= 4 is 17.2 Å². The lowest BCUT2D eigenvalue weighted by Crippen LogP contribution is -2.45. The SMILES string of the molecule is Cc1nc(C(=O)N2CCCC[C@H]2CO)c(C)s1. The summed E-state index contributed by atoms with van der Waals surface area (Å²) in [7, 11) is 0. The molecule has 0 bridgehead atoms. The second kappa shape index (κ2) is 5.14. The number of likely N-dealkylation sites (tertiary alicyclic amines) is 1. The first-order chi connectivity index (χ1) is 8.13. The van der Waals surface area contributed by atoms with Gasteiger partial charge in [0.2, 0.25) is 0 Å². The van der Waals surface area contributed by atoms with E-state index in [4.69, 9.17) is 0 Å². The van der Waals surface area contributed by atoms with Gasteiger partial charge in [-0.3, -0.25) is 4.79 Å². The summed E-state index contributed by atoms with van der Waals surface area (Å²) in [6, 6.07) is -0.0299. The van der Waals surface area contributed by atoms with Crippen molar-refractivity contribution in [3.05, 3.63) is 15.6 Å². The molecule has 4 nitrogen and oxygen atoms in total. The van der Waals surface area contributed by atoms with Crippen molar-refractivity contribution in [1.29, 1.82) is 0 Å². The van der Waals surface area contributed by atoms with E-state index in [0.717, 1.165) is 35.7 Å². The van der Waals surface area contributed by atoms with Crippen LogP contribution in [-0.2, 0) is 0 Å². The molecule has 94 valence electrons.